The molecule has 0 unspecified atom stereocenters. The van der Waals surface area contributed by atoms with Gasteiger partial charge in [-0.1, -0.05) is 6.08 Å². The summed E-state index contributed by atoms with van der Waals surface area (Å²) in [6.07, 6.45) is 2.35. The van der Waals surface area contributed by atoms with Crippen molar-refractivity contribution in [2.75, 3.05) is 6.61 Å². The van der Waals surface area contributed by atoms with E-state index in [1.54, 1.807) is 6.08 Å². The van der Waals surface area contributed by atoms with Crippen LogP contribution in [0.15, 0.2) is 12.7 Å². The first-order valence-corrected chi connectivity index (χ1v) is 6.55. The second-order valence-corrected chi connectivity index (χ2v) is 5.99. The third kappa shape index (κ3) is 3.80. The van der Waals surface area contributed by atoms with Gasteiger partial charge in [0.15, 0.2) is 0 Å². The van der Waals surface area contributed by atoms with Crippen molar-refractivity contribution in [1.82, 2.24) is 10.6 Å². The maximum Gasteiger partial charge on any atom is 0.248 e. The first-order valence-electron chi connectivity index (χ1n) is 6.55. The summed E-state index contributed by atoms with van der Waals surface area (Å²) in [4.78, 5) is 24.0. The largest absolute Gasteiger partial charge is 0.375 e. The van der Waals surface area contributed by atoms with Gasteiger partial charge in [0.1, 0.15) is 5.54 Å². The number of rotatable bonds is 4. The van der Waals surface area contributed by atoms with Gasteiger partial charge in [-0.3, -0.25) is 9.59 Å². The van der Waals surface area contributed by atoms with E-state index in [1.807, 2.05) is 20.8 Å². The summed E-state index contributed by atoms with van der Waals surface area (Å²) in [6.45, 7) is 11.3. The average Bonchev–Trinajstić information content (AvgIpc) is 2.60. The summed E-state index contributed by atoms with van der Waals surface area (Å²) in [7, 11) is 0. The quantitative estimate of drug-likeness (QED) is 0.751. The smallest absolute Gasteiger partial charge is 0.248 e. The molecule has 19 heavy (non-hydrogen) atoms. The Morgan fingerprint density at radius 3 is 2.58 bits per heavy atom. The van der Waals surface area contributed by atoms with Crippen molar-refractivity contribution < 1.29 is 14.3 Å². The van der Waals surface area contributed by atoms with Crippen LogP contribution in [0.1, 0.15) is 40.5 Å². The highest BCUT2D eigenvalue weighted by Gasteiger charge is 2.51. The van der Waals surface area contributed by atoms with E-state index in [2.05, 4.69) is 17.2 Å². The molecule has 0 aromatic heterocycles. The van der Waals surface area contributed by atoms with E-state index in [4.69, 9.17) is 4.74 Å². The minimum atomic E-state index is -0.993. The Morgan fingerprint density at radius 1 is 1.47 bits per heavy atom. The normalized spacial score (nSPS) is 26.8. The number of hydrogen-bond donors (Lipinski definition) is 2. The highest BCUT2D eigenvalue weighted by molar-refractivity contribution is 5.92. The zero-order valence-electron chi connectivity index (χ0n) is 12.2. The van der Waals surface area contributed by atoms with Crippen molar-refractivity contribution >= 4 is 11.8 Å². The van der Waals surface area contributed by atoms with E-state index in [0.717, 1.165) is 0 Å². The van der Waals surface area contributed by atoms with Crippen molar-refractivity contribution in [1.29, 1.82) is 0 Å². The first kappa shape index (κ1) is 15.7. The molecule has 1 rings (SSSR count). The summed E-state index contributed by atoms with van der Waals surface area (Å²) in [5.41, 5.74) is -1.35. The van der Waals surface area contributed by atoms with Gasteiger partial charge in [-0.05, 0) is 27.2 Å². The number of carbonyl (C=O) groups excluding carboxylic acids is 2. The van der Waals surface area contributed by atoms with E-state index in [-0.39, 0.29) is 23.5 Å². The standard InChI is InChI=1S/C14H24N2O3/c1-6-7-11-14(8-9-19-11,15-10(2)17)12(18)16-13(3,4)5/h6,11H,1,7-9H2,2-5H3,(H,15,17)(H,16,18)/t11-,14+/m1/s1. The molecule has 0 aromatic rings. The SMILES string of the molecule is C=CC[C@H]1OCC[C@@]1(NC(C)=O)C(=O)NC(C)(C)C. The number of nitrogens with one attached hydrogen (secondary N) is 2. The van der Waals surface area contributed by atoms with Crippen molar-refractivity contribution in [3.05, 3.63) is 12.7 Å². The topological polar surface area (TPSA) is 67.4 Å². The Hall–Kier alpha value is -1.36. The van der Waals surface area contributed by atoms with Crippen LogP contribution in [0, 0.1) is 0 Å². The van der Waals surface area contributed by atoms with Crippen molar-refractivity contribution in [2.24, 2.45) is 0 Å². The minimum absolute atomic E-state index is 0.195. The van der Waals surface area contributed by atoms with E-state index < -0.39 is 5.54 Å². The van der Waals surface area contributed by atoms with Crippen LogP contribution in [0.3, 0.4) is 0 Å². The maximum atomic E-state index is 12.6. The Labute approximate surface area is 114 Å². The highest BCUT2D eigenvalue weighted by Crippen LogP contribution is 2.29. The van der Waals surface area contributed by atoms with Crippen LogP contribution in [-0.4, -0.2) is 35.6 Å². The average molecular weight is 268 g/mol. The second kappa shape index (κ2) is 5.74. The fraction of sp³-hybridized carbons (Fsp3) is 0.714. The van der Waals surface area contributed by atoms with Crippen LogP contribution in [0.25, 0.3) is 0 Å². The summed E-state index contributed by atoms with van der Waals surface area (Å²) in [6, 6.07) is 0. The third-order valence-electron chi connectivity index (χ3n) is 3.04. The van der Waals surface area contributed by atoms with Gasteiger partial charge in [-0.15, -0.1) is 6.58 Å². The predicted octanol–water partition coefficient (Wildman–Crippen LogP) is 1.14. The molecular weight excluding hydrogens is 244 g/mol. The van der Waals surface area contributed by atoms with Gasteiger partial charge < -0.3 is 15.4 Å². The van der Waals surface area contributed by atoms with Gasteiger partial charge in [-0.25, -0.2) is 0 Å². The third-order valence-corrected chi connectivity index (χ3v) is 3.04. The number of amides is 2. The first-order chi connectivity index (χ1) is 8.71. The zero-order chi connectivity index (χ0) is 14.7. The van der Waals surface area contributed by atoms with Gasteiger partial charge in [0.2, 0.25) is 11.8 Å². The summed E-state index contributed by atoms with van der Waals surface area (Å²) >= 11 is 0. The van der Waals surface area contributed by atoms with Crippen LogP contribution in [0.5, 0.6) is 0 Å². The molecule has 1 aliphatic heterocycles. The van der Waals surface area contributed by atoms with Gasteiger partial charge in [-0.2, -0.15) is 0 Å². The van der Waals surface area contributed by atoms with Gasteiger partial charge >= 0.3 is 0 Å². The van der Waals surface area contributed by atoms with Gasteiger partial charge in [0, 0.05) is 25.5 Å². The minimum Gasteiger partial charge on any atom is -0.375 e. The molecule has 1 heterocycles. The van der Waals surface area contributed by atoms with Gasteiger partial charge in [0.25, 0.3) is 0 Å². The molecule has 0 aliphatic carbocycles. The van der Waals surface area contributed by atoms with Crippen molar-refractivity contribution in [3.8, 4) is 0 Å². The Balaban J connectivity index is 3.01. The van der Waals surface area contributed by atoms with E-state index in [1.165, 1.54) is 6.92 Å². The molecule has 2 atom stereocenters. The fourth-order valence-electron chi connectivity index (χ4n) is 2.31. The lowest BCUT2D eigenvalue weighted by Crippen LogP contribution is -2.65. The number of ether oxygens (including phenoxy) is 1. The number of hydrogen-bond acceptors (Lipinski definition) is 3. The molecular formula is C14H24N2O3. The molecule has 108 valence electrons. The molecule has 5 heteroatoms. The monoisotopic (exact) mass is 268 g/mol. The molecule has 1 aliphatic rings. The van der Waals surface area contributed by atoms with Crippen LogP contribution in [-0.2, 0) is 14.3 Å². The lowest BCUT2D eigenvalue weighted by molar-refractivity contribution is -0.136. The van der Waals surface area contributed by atoms with Crippen LogP contribution >= 0.6 is 0 Å². The zero-order valence-corrected chi connectivity index (χ0v) is 12.2. The maximum absolute atomic E-state index is 12.6. The molecule has 0 aromatic carbocycles. The Morgan fingerprint density at radius 2 is 2.11 bits per heavy atom. The molecule has 0 bridgehead atoms. The van der Waals surface area contributed by atoms with E-state index >= 15 is 0 Å². The van der Waals surface area contributed by atoms with Crippen LogP contribution in [0.4, 0.5) is 0 Å². The van der Waals surface area contributed by atoms with Crippen molar-refractivity contribution in [2.45, 2.75) is 57.7 Å². The van der Waals surface area contributed by atoms with Crippen LogP contribution in [0.2, 0.25) is 0 Å². The Kier molecular flexibility index (Phi) is 4.74. The summed E-state index contributed by atoms with van der Waals surface area (Å²) in [5.74, 6) is -0.428. The fourth-order valence-corrected chi connectivity index (χ4v) is 2.31. The molecule has 2 amide bonds. The molecule has 5 nitrogen and oxygen atoms in total. The van der Waals surface area contributed by atoms with E-state index in [9.17, 15) is 9.59 Å². The molecule has 0 radical (unpaired) electrons. The second-order valence-electron chi connectivity index (χ2n) is 5.99. The van der Waals surface area contributed by atoms with E-state index in [0.29, 0.717) is 19.4 Å². The molecule has 1 saturated heterocycles. The summed E-state index contributed by atoms with van der Waals surface area (Å²) in [5, 5.41) is 5.72. The molecule has 1 fully saturated rings. The highest BCUT2D eigenvalue weighted by atomic mass is 16.5. The molecule has 2 N–H and O–H groups in total. The lowest BCUT2D eigenvalue weighted by atomic mass is 9.87. The molecule has 0 saturated carbocycles. The van der Waals surface area contributed by atoms with Crippen molar-refractivity contribution in [3.63, 3.8) is 0 Å². The number of carbonyl (C=O) groups is 2. The predicted molar refractivity (Wildman–Crippen MR) is 73.6 cm³/mol. The van der Waals surface area contributed by atoms with Crippen LogP contribution < -0.4 is 10.6 Å². The molecule has 0 spiro atoms. The Bertz CT molecular complexity index is 373. The summed E-state index contributed by atoms with van der Waals surface area (Å²) < 4.78 is 5.60. The van der Waals surface area contributed by atoms with Gasteiger partial charge in [0.05, 0.1) is 6.10 Å². The lowest BCUT2D eigenvalue weighted by Gasteiger charge is -2.35.